The molecule has 1 N–H and O–H groups in total. The molecule has 2 nitrogen and oxygen atoms in total. The fraction of sp³-hybridized carbons (Fsp3) is 0.120. The monoisotopic (exact) mass is 351 g/mol. The molecule has 132 valence electrons. The lowest BCUT2D eigenvalue weighted by Crippen LogP contribution is -2.01. The van der Waals surface area contributed by atoms with Crippen LogP contribution in [0.3, 0.4) is 0 Å². The average Bonchev–Trinajstić information content (AvgIpc) is 3.05. The van der Waals surface area contributed by atoms with Gasteiger partial charge in [-0.15, -0.1) is 0 Å². The highest BCUT2D eigenvalue weighted by Crippen LogP contribution is 2.34. The van der Waals surface area contributed by atoms with Crippen molar-refractivity contribution in [2.75, 3.05) is 0 Å². The quantitative estimate of drug-likeness (QED) is 0.420. The van der Waals surface area contributed by atoms with E-state index in [1.165, 1.54) is 21.8 Å². The predicted octanol–water partition coefficient (Wildman–Crippen LogP) is 6.05. The van der Waals surface area contributed by atoms with E-state index in [-0.39, 0.29) is 0 Å². The van der Waals surface area contributed by atoms with Gasteiger partial charge in [0.2, 0.25) is 0 Å². The average molecular weight is 351 g/mol. The van der Waals surface area contributed by atoms with Gasteiger partial charge in [0, 0.05) is 28.4 Å². The lowest BCUT2D eigenvalue weighted by molar-refractivity contribution is 0.222. The van der Waals surface area contributed by atoms with Crippen molar-refractivity contribution in [3.63, 3.8) is 0 Å². The fourth-order valence-electron chi connectivity index (χ4n) is 4.25. The molecule has 4 aromatic carbocycles. The first-order valence-electron chi connectivity index (χ1n) is 9.44. The Morgan fingerprint density at radius 2 is 1.44 bits per heavy atom. The largest absolute Gasteiger partial charge is 0.384 e. The highest BCUT2D eigenvalue weighted by atomic mass is 16.3. The molecule has 0 bridgehead atoms. The van der Waals surface area contributed by atoms with Crippen LogP contribution < -0.4 is 0 Å². The van der Waals surface area contributed by atoms with Crippen LogP contribution in [0, 0.1) is 0 Å². The van der Waals surface area contributed by atoms with Gasteiger partial charge >= 0.3 is 0 Å². The zero-order valence-electron chi connectivity index (χ0n) is 15.3. The van der Waals surface area contributed by atoms with Crippen LogP contribution in [0.1, 0.15) is 24.2 Å². The Labute approximate surface area is 158 Å². The lowest BCUT2D eigenvalue weighted by Gasteiger charge is -2.15. The third-order valence-corrected chi connectivity index (χ3v) is 5.55. The number of hydrogen-bond acceptors (Lipinski definition) is 1. The summed E-state index contributed by atoms with van der Waals surface area (Å²) in [5.74, 6) is 0. The third kappa shape index (κ3) is 2.45. The number of fused-ring (bicyclic) bond motifs is 4. The molecule has 0 aliphatic rings. The summed E-state index contributed by atoms with van der Waals surface area (Å²) in [5.41, 5.74) is 4.34. The summed E-state index contributed by atoms with van der Waals surface area (Å²) >= 11 is 0. The Morgan fingerprint density at radius 3 is 2.30 bits per heavy atom. The van der Waals surface area contributed by atoms with Crippen LogP contribution in [0.15, 0.2) is 84.9 Å². The molecule has 1 atom stereocenters. The molecule has 0 aliphatic heterocycles. The highest BCUT2D eigenvalue weighted by Gasteiger charge is 2.16. The van der Waals surface area contributed by atoms with Gasteiger partial charge in [0.25, 0.3) is 0 Å². The SMILES string of the molecule is CCn1c2ccccc2c2cc([C@@H](O)c3cccc4ccccc34)ccc21. The Morgan fingerprint density at radius 1 is 0.741 bits per heavy atom. The topological polar surface area (TPSA) is 25.2 Å². The number of aryl methyl sites for hydroxylation is 1. The van der Waals surface area contributed by atoms with Crippen LogP contribution in [0.2, 0.25) is 0 Å². The van der Waals surface area contributed by atoms with Gasteiger partial charge in [0.1, 0.15) is 6.10 Å². The first kappa shape index (κ1) is 16.1. The summed E-state index contributed by atoms with van der Waals surface area (Å²) in [6, 6.07) is 29.2. The zero-order chi connectivity index (χ0) is 18.4. The van der Waals surface area contributed by atoms with Crippen molar-refractivity contribution in [2.24, 2.45) is 0 Å². The van der Waals surface area contributed by atoms with E-state index in [0.29, 0.717) is 0 Å². The van der Waals surface area contributed by atoms with E-state index in [1.54, 1.807) is 0 Å². The van der Waals surface area contributed by atoms with Crippen LogP contribution in [-0.4, -0.2) is 9.67 Å². The second-order valence-corrected chi connectivity index (χ2v) is 7.01. The Hall–Kier alpha value is -3.10. The van der Waals surface area contributed by atoms with Gasteiger partial charge in [-0.1, -0.05) is 66.7 Å². The van der Waals surface area contributed by atoms with Crippen molar-refractivity contribution < 1.29 is 5.11 Å². The number of benzene rings is 4. The molecule has 27 heavy (non-hydrogen) atoms. The number of nitrogens with zero attached hydrogens (tertiary/aromatic N) is 1. The molecule has 0 amide bonds. The van der Waals surface area contributed by atoms with Crippen LogP contribution in [0.4, 0.5) is 0 Å². The van der Waals surface area contributed by atoms with Crippen LogP contribution in [0.5, 0.6) is 0 Å². The van der Waals surface area contributed by atoms with Crippen LogP contribution >= 0.6 is 0 Å². The first-order chi connectivity index (χ1) is 13.3. The van der Waals surface area contributed by atoms with Gasteiger partial charge < -0.3 is 9.67 Å². The zero-order valence-corrected chi connectivity index (χ0v) is 15.3. The molecule has 1 aromatic heterocycles. The standard InChI is InChI=1S/C25H21NO/c1-2-26-23-13-6-5-11-20(23)22-16-18(14-15-24(22)26)25(27)21-12-7-9-17-8-3-4-10-19(17)21/h3-16,25,27H,2H2,1H3/t25-/m1/s1. The summed E-state index contributed by atoms with van der Waals surface area (Å²) in [7, 11) is 0. The number of aromatic nitrogens is 1. The minimum Gasteiger partial charge on any atom is -0.384 e. The molecule has 0 saturated heterocycles. The van der Waals surface area contributed by atoms with Crippen molar-refractivity contribution in [2.45, 2.75) is 19.6 Å². The minimum absolute atomic E-state index is 0.649. The molecule has 0 saturated carbocycles. The summed E-state index contributed by atoms with van der Waals surface area (Å²) in [6.07, 6.45) is -0.649. The second-order valence-electron chi connectivity index (χ2n) is 7.01. The van der Waals surface area contributed by atoms with Gasteiger partial charge in [-0.2, -0.15) is 0 Å². The molecular weight excluding hydrogens is 330 g/mol. The minimum atomic E-state index is -0.649. The van der Waals surface area contributed by atoms with Gasteiger partial charge in [0.05, 0.1) is 0 Å². The van der Waals surface area contributed by atoms with E-state index in [1.807, 2.05) is 24.3 Å². The van der Waals surface area contributed by atoms with E-state index < -0.39 is 6.10 Å². The fourth-order valence-corrected chi connectivity index (χ4v) is 4.25. The van der Waals surface area contributed by atoms with E-state index >= 15 is 0 Å². The van der Waals surface area contributed by atoms with Gasteiger partial charge in [0.15, 0.2) is 0 Å². The molecule has 5 aromatic rings. The molecule has 0 spiro atoms. The summed E-state index contributed by atoms with van der Waals surface area (Å²) in [5, 5.41) is 15.9. The first-order valence-corrected chi connectivity index (χ1v) is 9.44. The van der Waals surface area contributed by atoms with E-state index in [9.17, 15) is 5.11 Å². The molecule has 0 aliphatic carbocycles. The third-order valence-electron chi connectivity index (χ3n) is 5.55. The van der Waals surface area contributed by atoms with Gasteiger partial charge in [-0.25, -0.2) is 0 Å². The maximum Gasteiger partial charge on any atom is 0.105 e. The number of para-hydroxylation sites is 1. The van der Waals surface area contributed by atoms with Crippen molar-refractivity contribution in [1.82, 2.24) is 4.57 Å². The number of aliphatic hydroxyl groups is 1. The maximum absolute atomic E-state index is 11.2. The van der Waals surface area contributed by atoms with Gasteiger partial charge in [-0.3, -0.25) is 0 Å². The van der Waals surface area contributed by atoms with Crippen LogP contribution in [0.25, 0.3) is 32.6 Å². The number of rotatable bonds is 3. The maximum atomic E-state index is 11.2. The second kappa shape index (κ2) is 6.26. The van der Waals surface area contributed by atoms with Crippen LogP contribution in [-0.2, 0) is 6.54 Å². The lowest BCUT2D eigenvalue weighted by atomic mass is 9.95. The molecule has 0 radical (unpaired) electrons. The Kier molecular flexibility index (Phi) is 3.73. The van der Waals surface area contributed by atoms with E-state index in [4.69, 9.17) is 0 Å². The van der Waals surface area contributed by atoms with E-state index in [0.717, 1.165) is 28.4 Å². The van der Waals surface area contributed by atoms with Gasteiger partial charge in [-0.05, 0) is 47.0 Å². The smallest absolute Gasteiger partial charge is 0.105 e. The number of aliphatic hydroxyl groups excluding tert-OH is 1. The van der Waals surface area contributed by atoms with E-state index in [2.05, 4.69) is 72.2 Å². The molecule has 5 rings (SSSR count). The molecule has 2 heteroatoms. The highest BCUT2D eigenvalue weighted by molar-refractivity contribution is 6.08. The molecular formula is C25H21NO. The summed E-state index contributed by atoms with van der Waals surface area (Å²) in [6.45, 7) is 3.10. The molecule has 1 heterocycles. The molecule has 0 fully saturated rings. The summed E-state index contributed by atoms with van der Waals surface area (Å²) < 4.78 is 2.33. The molecule has 0 unspecified atom stereocenters. The van der Waals surface area contributed by atoms with Crippen molar-refractivity contribution >= 4 is 32.6 Å². The van der Waals surface area contributed by atoms with Crippen molar-refractivity contribution in [3.05, 3.63) is 96.1 Å². The Balaban J connectivity index is 1.72. The summed E-state index contributed by atoms with van der Waals surface area (Å²) in [4.78, 5) is 0. The normalized spacial score (nSPS) is 12.8. The van der Waals surface area contributed by atoms with Crippen molar-refractivity contribution in [3.8, 4) is 0 Å². The Bertz CT molecular complexity index is 1280. The van der Waals surface area contributed by atoms with Crippen molar-refractivity contribution in [1.29, 1.82) is 0 Å². The predicted molar refractivity (Wildman–Crippen MR) is 113 cm³/mol. The number of hydrogen-bond donors (Lipinski definition) is 1.